The number of fused-ring (bicyclic) bond motifs is 11. The van der Waals surface area contributed by atoms with Gasteiger partial charge < -0.3 is 10.1 Å². The van der Waals surface area contributed by atoms with Crippen molar-refractivity contribution in [2.45, 2.75) is 20.8 Å². The average molecular weight is 545 g/mol. The molecular formula is C38H32N4. The highest BCUT2D eigenvalue weighted by molar-refractivity contribution is 6.22. The number of nitrogens with two attached hydrogens (primary N) is 1. The van der Waals surface area contributed by atoms with Crippen LogP contribution in [0.5, 0.6) is 0 Å². The van der Waals surface area contributed by atoms with Gasteiger partial charge in [0.05, 0.1) is 39.0 Å². The van der Waals surface area contributed by atoms with Crippen molar-refractivity contribution in [1.29, 1.82) is 0 Å². The maximum absolute atomic E-state index is 6.39. The molecule has 4 aromatic carbocycles. The predicted octanol–water partition coefficient (Wildman–Crippen LogP) is 9.79. The summed E-state index contributed by atoms with van der Waals surface area (Å²) in [7, 11) is 0. The number of pyridine rings is 2. The van der Waals surface area contributed by atoms with Crippen molar-refractivity contribution in [2.75, 3.05) is 0 Å². The topological polar surface area (TPSA) is 48.2 Å². The molecule has 0 bridgehead atoms. The first-order chi connectivity index (χ1) is 20.7. The van der Waals surface area contributed by atoms with Crippen LogP contribution in [0.4, 0.5) is 0 Å². The van der Waals surface area contributed by atoms with Gasteiger partial charge >= 0.3 is 0 Å². The molecule has 0 atom stereocenters. The van der Waals surface area contributed by atoms with Gasteiger partial charge in [0, 0.05) is 26.9 Å². The molecule has 8 rings (SSSR count). The van der Waals surface area contributed by atoms with Gasteiger partial charge in [0.1, 0.15) is 5.82 Å². The van der Waals surface area contributed by atoms with Crippen molar-refractivity contribution >= 4 is 65.6 Å². The van der Waals surface area contributed by atoms with Crippen LogP contribution >= 0.6 is 0 Å². The van der Waals surface area contributed by atoms with E-state index in [-0.39, 0.29) is 0 Å². The van der Waals surface area contributed by atoms with Crippen LogP contribution in [0.3, 0.4) is 0 Å². The first kappa shape index (κ1) is 25.6. The van der Waals surface area contributed by atoms with Gasteiger partial charge in [-0.25, -0.2) is 4.98 Å². The maximum atomic E-state index is 6.39. The molecule has 42 heavy (non-hydrogen) atoms. The largest absolute Gasteiger partial charge is 0.397 e. The minimum atomic E-state index is 0.638. The van der Waals surface area contributed by atoms with Crippen molar-refractivity contribution in [3.8, 4) is 5.82 Å². The van der Waals surface area contributed by atoms with Gasteiger partial charge in [-0.1, -0.05) is 86.7 Å². The summed E-state index contributed by atoms with van der Waals surface area (Å²) in [5, 5.41) is 7.36. The number of allylic oxidation sites excluding steroid dienone is 3. The SMILES string of the molecule is C/C=C\C=C(/N)c1cccc(-n2c3ccccc3c3cc4c5ccccc5n5c6ccccc6cc5c4cc32)n1.CC. The second-order valence-electron chi connectivity index (χ2n) is 10.2. The smallest absolute Gasteiger partial charge is 0.138 e. The molecule has 0 fully saturated rings. The Hall–Kier alpha value is -5.35. The molecule has 4 aromatic heterocycles. The van der Waals surface area contributed by atoms with Crippen LogP contribution in [-0.4, -0.2) is 14.0 Å². The van der Waals surface area contributed by atoms with Gasteiger partial charge in [-0.15, -0.1) is 0 Å². The Kier molecular flexibility index (Phi) is 6.24. The highest BCUT2D eigenvalue weighted by atomic mass is 15.1. The zero-order valence-electron chi connectivity index (χ0n) is 24.0. The Balaban J connectivity index is 0.00000141. The lowest BCUT2D eigenvalue weighted by molar-refractivity contribution is 1.07. The lowest BCUT2D eigenvalue weighted by atomic mass is 10.0. The number of aromatic nitrogens is 3. The molecule has 0 radical (unpaired) electrons. The normalized spacial score (nSPS) is 12.3. The third-order valence-corrected chi connectivity index (χ3v) is 7.96. The lowest BCUT2D eigenvalue weighted by Crippen LogP contribution is -2.03. The quantitative estimate of drug-likeness (QED) is 0.178. The summed E-state index contributed by atoms with van der Waals surface area (Å²) >= 11 is 0. The van der Waals surface area contributed by atoms with Gasteiger partial charge in [-0.2, -0.15) is 0 Å². The van der Waals surface area contributed by atoms with Crippen LogP contribution in [0, 0.1) is 0 Å². The van der Waals surface area contributed by atoms with Gasteiger partial charge in [0.15, 0.2) is 0 Å². The maximum Gasteiger partial charge on any atom is 0.138 e. The molecule has 0 saturated heterocycles. The van der Waals surface area contributed by atoms with Crippen LogP contribution in [0.1, 0.15) is 26.5 Å². The van der Waals surface area contributed by atoms with Crippen LogP contribution in [0.2, 0.25) is 0 Å². The Morgan fingerprint density at radius 2 is 1.29 bits per heavy atom. The Morgan fingerprint density at radius 1 is 0.619 bits per heavy atom. The van der Waals surface area contributed by atoms with E-state index in [9.17, 15) is 0 Å². The van der Waals surface area contributed by atoms with Crippen molar-refractivity contribution < 1.29 is 0 Å². The summed E-state index contributed by atoms with van der Waals surface area (Å²) in [4.78, 5) is 5.03. The zero-order valence-corrected chi connectivity index (χ0v) is 24.0. The molecule has 0 unspecified atom stereocenters. The summed E-state index contributed by atoms with van der Waals surface area (Å²) in [6, 6.07) is 39.0. The van der Waals surface area contributed by atoms with E-state index >= 15 is 0 Å². The molecule has 0 saturated carbocycles. The highest BCUT2D eigenvalue weighted by Crippen LogP contribution is 2.40. The van der Waals surface area contributed by atoms with Crippen molar-refractivity contribution in [3.63, 3.8) is 0 Å². The Morgan fingerprint density at radius 3 is 2.07 bits per heavy atom. The van der Waals surface area contributed by atoms with Gasteiger partial charge in [0.25, 0.3) is 0 Å². The second kappa shape index (κ2) is 10.2. The summed E-state index contributed by atoms with van der Waals surface area (Å²) in [6.45, 7) is 5.98. The third-order valence-electron chi connectivity index (χ3n) is 7.96. The fraction of sp³-hybridized carbons (Fsp3) is 0.0789. The van der Waals surface area contributed by atoms with Crippen molar-refractivity contribution in [2.24, 2.45) is 5.73 Å². The van der Waals surface area contributed by atoms with Crippen LogP contribution in [-0.2, 0) is 0 Å². The number of hydrogen-bond acceptors (Lipinski definition) is 2. The van der Waals surface area contributed by atoms with Gasteiger partial charge in [-0.3, -0.25) is 4.57 Å². The van der Waals surface area contributed by atoms with Gasteiger partial charge in [0.2, 0.25) is 0 Å². The average Bonchev–Trinajstić information content (AvgIpc) is 3.60. The van der Waals surface area contributed by atoms with E-state index in [2.05, 4.69) is 106 Å². The Labute approximate surface area is 244 Å². The molecule has 4 heteroatoms. The zero-order chi connectivity index (χ0) is 28.8. The monoisotopic (exact) mass is 544 g/mol. The molecule has 0 aliphatic carbocycles. The van der Waals surface area contributed by atoms with E-state index in [1.165, 1.54) is 48.9 Å². The van der Waals surface area contributed by atoms with E-state index in [1.54, 1.807) is 0 Å². The molecule has 204 valence electrons. The van der Waals surface area contributed by atoms with Crippen LogP contribution in [0.25, 0.3) is 71.4 Å². The molecular weight excluding hydrogens is 512 g/mol. The van der Waals surface area contributed by atoms with E-state index < -0.39 is 0 Å². The minimum absolute atomic E-state index is 0.638. The van der Waals surface area contributed by atoms with E-state index in [1.807, 2.05) is 51.1 Å². The summed E-state index contributed by atoms with van der Waals surface area (Å²) in [5.74, 6) is 0.845. The number of para-hydroxylation sites is 3. The Bertz CT molecular complexity index is 2350. The first-order valence-corrected chi connectivity index (χ1v) is 14.6. The predicted molar refractivity (Wildman–Crippen MR) is 180 cm³/mol. The van der Waals surface area contributed by atoms with E-state index in [4.69, 9.17) is 10.7 Å². The summed E-state index contributed by atoms with van der Waals surface area (Å²) < 4.78 is 4.67. The van der Waals surface area contributed by atoms with Crippen molar-refractivity contribution in [3.05, 3.63) is 133 Å². The number of hydrogen-bond donors (Lipinski definition) is 1. The fourth-order valence-electron chi connectivity index (χ4n) is 6.20. The number of rotatable bonds is 3. The molecule has 4 nitrogen and oxygen atoms in total. The molecule has 4 heterocycles. The lowest BCUT2D eigenvalue weighted by Gasteiger charge is -2.12. The molecule has 0 amide bonds. The molecule has 0 spiro atoms. The standard InChI is InChI=1S/C36H26N4.C2H6/c1-2-3-14-29(37)30-15-10-19-36(38-30)40-33-18-9-6-13-25(33)27-21-26-24-12-5-8-17-32(24)39-31-16-7-4-11-23(31)20-34(39)28(26)22-35(27)40;1-2/h2-22H,37H2,1H3;1-2H3/b3-2-,29-14-;. The van der Waals surface area contributed by atoms with Crippen LogP contribution < -0.4 is 5.73 Å². The fourth-order valence-corrected chi connectivity index (χ4v) is 6.20. The minimum Gasteiger partial charge on any atom is -0.397 e. The number of nitrogens with zero attached hydrogens (tertiary/aromatic N) is 3. The van der Waals surface area contributed by atoms with E-state index in [0.29, 0.717) is 5.70 Å². The molecule has 0 aliphatic heterocycles. The van der Waals surface area contributed by atoms with Gasteiger partial charge in [-0.05, 0) is 66.9 Å². The highest BCUT2D eigenvalue weighted by Gasteiger charge is 2.18. The van der Waals surface area contributed by atoms with E-state index in [0.717, 1.165) is 22.5 Å². The van der Waals surface area contributed by atoms with Crippen molar-refractivity contribution in [1.82, 2.24) is 14.0 Å². The summed E-state index contributed by atoms with van der Waals surface area (Å²) in [5.41, 5.74) is 13.7. The van der Waals surface area contributed by atoms with Crippen LogP contribution in [0.15, 0.2) is 127 Å². The second-order valence-corrected chi connectivity index (χ2v) is 10.2. The molecule has 2 N–H and O–H groups in total. The number of benzene rings is 4. The summed E-state index contributed by atoms with van der Waals surface area (Å²) in [6.07, 6.45) is 5.79. The third kappa shape index (κ3) is 3.80. The first-order valence-electron chi connectivity index (χ1n) is 14.6. The molecule has 8 aromatic rings. The molecule has 0 aliphatic rings.